The van der Waals surface area contributed by atoms with E-state index in [1.807, 2.05) is 0 Å². The molecule has 1 aliphatic heterocycles. The number of alkyl halides is 3. The van der Waals surface area contributed by atoms with Gasteiger partial charge in [-0.2, -0.15) is 17.5 Å². The number of rotatable bonds is 6. The number of sulfonamides is 1. The third-order valence-electron chi connectivity index (χ3n) is 4.30. The first-order chi connectivity index (χ1) is 12.1. The van der Waals surface area contributed by atoms with Gasteiger partial charge in [-0.05, 0) is 25.3 Å². The van der Waals surface area contributed by atoms with E-state index in [4.69, 9.17) is 0 Å². The maximum Gasteiger partial charge on any atom is 0.406 e. The molecule has 1 aromatic heterocycles. The first kappa shape index (κ1) is 20.8. The second-order valence-corrected chi connectivity index (χ2v) is 8.42. The molecule has 1 aliphatic rings. The molecule has 0 spiro atoms. The molecule has 6 nitrogen and oxygen atoms in total. The Hall–Kier alpha value is -1.55. The Morgan fingerprint density at radius 3 is 2.38 bits per heavy atom. The highest BCUT2D eigenvalue weighted by atomic mass is 32.2. The van der Waals surface area contributed by atoms with E-state index < -0.39 is 28.7 Å². The smallest absolute Gasteiger partial charge is 0.345 e. The summed E-state index contributed by atoms with van der Waals surface area (Å²) in [7, 11) is -2.29. The Bertz CT molecular complexity index is 738. The summed E-state index contributed by atoms with van der Waals surface area (Å²) in [6.07, 6.45) is -0.353. The Morgan fingerprint density at radius 1 is 1.23 bits per heavy atom. The van der Waals surface area contributed by atoms with Crippen LogP contribution in [-0.4, -0.2) is 60.5 Å². The molecule has 2 heterocycles. The van der Waals surface area contributed by atoms with E-state index in [-0.39, 0.29) is 17.1 Å². The van der Waals surface area contributed by atoms with E-state index in [0.29, 0.717) is 24.4 Å². The molecule has 0 bridgehead atoms. The van der Waals surface area contributed by atoms with Crippen LogP contribution in [0.25, 0.3) is 0 Å². The molecule has 0 unspecified atom stereocenters. The molecule has 0 N–H and O–H groups in total. The van der Waals surface area contributed by atoms with Crippen molar-refractivity contribution in [3.05, 3.63) is 18.0 Å². The van der Waals surface area contributed by atoms with Crippen LogP contribution in [0.2, 0.25) is 0 Å². The van der Waals surface area contributed by atoms with Crippen LogP contribution in [-0.2, 0) is 17.1 Å². The molecular weight excluding hydrogens is 371 g/mol. The van der Waals surface area contributed by atoms with Gasteiger partial charge >= 0.3 is 6.18 Å². The molecule has 0 aliphatic carbocycles. The minimum atomic E-state index is -4.52. The highest BCUT2D eigenvalue weighted by Gasteiger charge is 2.35. The lowest BCUT2D eigenvalue weighted by Gasteiger charge is -2.25. The summed E-state index contributed by atoms with van der Waals surface area (Å²) in [5, 5.41) is 0. The number of aryl methyl sites for hydroxylation is 1. The minimum Gasteiger partial charge on any atom is -0.345 e. The van der Waals surface area contributed by atoms with E-state index >= 15 is 0 Å². The summed E-state index contributed by atoms with van der Waals surface area (Å²) < 4.78 is 66.3. The quantitative estimate of drug-likeness (QED) is 0.744. The summed E-state index contributed by atoms with van der Waals surface area (Å²) in [5.74, 6) is -0.827. The van der Waals surface area contributed by atoms with Gasteiger partial charge in [0.05, 0.1) is 0 Å². The van der Waals surface area contributed by atoms with Crippen LogP contribution in [0.3, 0.4) is 0 Å². The maximum atomic E-state index is 12.7. The molecule has 1 aromatic rings. The zero-order valence-electron chi connectivity index (χ0n) is 14.9. The molecule has 26 heavy (non-hydrogen) atoms. The van der Waals surface area contributed by atoms with Crippen molar-refractivity contribution >= 4 is 15.9 Å². The zero-order valence-corrected chi connectivity index (χ0v) is 15.7. The van der Waals surface area contributed by atoms with Crippen LogP contribution in [0.15, 0.2) is 17.2 Å². The largest absolute Gasteiger partial charge is 0.406 e. The van der Waals surface area contributed by atoms with Crippen LogP contribution in [0.4, 0.5) is 13.2 Å². The van der Waals surface area contributed by atoms with E-state index in [2.05, 4.69) is 0 Å². The number of halogens is 3. The van der Waals surface area contributed by atoms with Crippen LogP contribution in [0, 0.1) is 0 Å². The molecule has 1 amide bonds. The fraction of sp³-hybridized carbons (Fsp3) is 0.688. The fourth-order valence-corrected chi connectivity index (χ4v) is 4.63. The van der Waals surface area contributed by atoms with Crippen molar-refractivity contribution in [1.29, 1.82) is 0 Å². The Labute approximate surface area is 151 Å². The van der Waals surface area contributed by atoms with Crippen molar-refractivity contribution in [2.45, 2.75) is 43.7 Å². The summed E-state index contributed by atoms with van der Waals surface area (Å²) in [5.41, 5.74) is -0.0710. The highest BCUT2D eigenvalue weighted by molar-refractivity contribution is 7.89. The Balaban J connectivity index is 2.29. The van der Waals surface area contributed by atoms with Crippen LogP contribution < -0.4 is 0 Å². The number of carbonyl (C=O) groups excluding carboxylic acids is 1. The average molecular weight is 395 g/mol. The third kappa shape index (κ3) is 4.79. The summed E-state index contributed by atoms with van der Waals surface area (Å²) in [6, 6.07) is 1.17. The average Bonchev–Trinajstić information content (AvgIpc) is 2.96. The predicted octanol–water partition coefficient (Wildman–Crippen LogP) is 2.61. The topological polar surface area (TPSA) is 62.6 Å². The van der Waals surface area contributed by atoms with Gasteiger partial charge in [0.25, 0.3) is 5.91 Å². The van der Waals surface area contributed by atoms with Gasteiger partial charge < -0.3 is 9.47 Å². The normalized spacial score (nSPS) is 16.7. The molecule has 10 heteroatoms. The van der Waals surface area contributed by atoms with Crippen LogP contribution in [0.5, 0.6) is 0 Å². The molecule has 2 rings (SSSR count). The van der Waals surface area contributed by atoms with Gasteiger partial charge in [-0.1, -0.05) is 13.3 Å². The number of hydrogen-bond acceptors (Lipinski definition) is 3. The standard InChI is InChI=1S/C16H24F3N3O3S/c1-3-7-21(12-16(17,18)19)15(23)14-10-13(11-20(14)2)26(24,25)22-8-5-4-6-9-22/h10-11H,3-9,12H2,1-2H3. The molecule has 0 radical (unpaired) electrons. The van der Waals surface area contributed by atoms with Crippen molar-refractivity contribution in [2.24, 2.45) is 7.05 Å². The molecule has 1 saturated heterocycles. The first-order valence-corrected chi connectivity index (χ1v) is 10.0. The van der Waals surface area contributed by atoms with E-state index in [0.717, 1.165) is 19.3 Å². The minimum absolute atomic E-state index is 0.0578. The number of hydrogen-bond donors (Lipinski definition) is 0. The number of amides is 1. The van der Waals surface area contributed by atoms with Gasteiger partial charge in [-0.3, -0.25) is 4.79 Å². The second kappa shape index (κ2) is 7.99. The molecular formula is C16H24F3N3O3S. The van der Waals surface area contributed by atoms with Crippen molar-refractivity contribution in [2.75, 3.05) is 26.2 Å². The third-order valence-corrected chi connectivity index (χ3v) is 6.17. The summed E-state index contributed by atoms with van der Waals surface area (Å²) >= 11 is 0. The van der Waals surface area contributed by atoms with Crippen molar-refractivity contribution in [3.63, 3.8) is 0 Å². The van der Waals surface area contributed by atoms with Gasteiger partial charge in [0.1, 0.15) is 17.1 Å². The molecule has 0 aromatic carbocycles. The Kier molecular flexibility index (Phi) is 6.38. The predicted molar refractivity (Wildman–Crippen MR) is 90.3 cm³/mol. The zero-order chi connectivity index (χ0) is 19.5. The first-order valence-electron chi connectivity index (χ1n) is 8.59. The lowest BCUT2D eigenvalue weighted by Crippen LogP contribution is -2.40. The van der Waals surface area contributed by atoms with Crippen LogP contribution >= 0.6 is 0 Å². The second-order valence-electron chi connectivity index (χ2n) is 6.48. The monoisotopic (exact) mass is 395 g/mol. The maximum absolute atomic E-state index is 12.7. The fourth-order valence-electron chi connectivity index (χ4n) is 3.04. The van der Waals surface area contributed by atoms with E-state index in [9.17, 15) is 26.4 Å². The SMILES string of the molecule is CCCN(CC(F)(F)F)C(=O)c1cc(S(=O)(=O)N2CCCCC2)cn1C. The number of piperidine rings is 1. The summed E-state index contributed by atoms with van der Waals surface area (Å²) in [6.45, 7) is 1.08. The van der Waals surface area contributed by atoms with Gasteiger partial charge in [0.15, 0.2) is 0 Å². The molecule has 0 atom stereocenters. The summed E-state index contributed by atoms with van der Waals surface area (Å²) in [4.78, 5) is 13.2. The molecule has 1 fully saturated rings. The van der Waals surface area contributed by atoms with Crippen molar-refractivity contribution in [3.8, 4) is 0 Å². The van der Waals surface area contributed by atoms with Crippen molar-refractivity contribution in [1.82, 2.24) is 13.8 Å². The highest BCUT2D eigenvalue weighted by Crippen LogP contribution is 2.24. The number of aromatic nitrogens is 1. The lowest BCUT2D eigenvalue weighted by molar-refractivity contribution is -0.140. The number of nitrogens with zero attached hydrogens (tertiary/aromatic N) is 3. The van der Waals surface area contributed by atoms with E-state index in [1.165, 1.54) is 28.2 Å². The molecule has 148 valence electrons. The van der Waals surface area contributed by atoms with Gasteiger partial charge in [0, 0.05) is 32.9 Å². The number of carbonyl (C=O) groups is 1. The van der Waals surface area contributed by atoms with Gasteiger partial charge in [-0.15, -0.1) is 0 Å². The lowest BCUT2D eigenvalue weighted by atomic mass is 10.2. The van der Waals surface area contributed by atoms with Crippen LogP contribution in [0.1, 0.15) is 43.1 Å². The van der Waals surface area contributed by atoms with Gasteiger partial charge in [-0.25, -0.2) is 8.42 Å². The Morgan fingerprint density at radius 2 is 1.85 bits per heavy atom. The van der Waals surface area contributed by atoms with E-state index in [1.54, 1.807) is 6.92 Å². The van der Waals surface area contributed by atoms with Crippen molar-refractivity contribution < 1.29 is 26.4 Å². The molecule has 0 saturated carbocycles. The van der Waals surface area contributed by atoms with Gasteiger partial charge in [0.2, 0.25) is 10.0 Å².